The van der Waals surface area contributed by atoms with Crippen LogP contribution in [0.3, 0.4) is 0 Å². The van der Waals surface area contributed by atoms with E-state index in [2.05, 4.69) is 19.9 Å². The molecule has 0 bridgehead atoms. The van der Waals surface area contributed by atoms with Crippen molar-refractivity contribution in [1.29, 1.82) is 0 Å². The van der Waals surface area contributed by atoms with Gasteiger partial charge in [0.25, 0.3) is 11.5 Å². The van der Waals surface area contributed by atoms with Gasteiger partial charge in [-0.3, -0.25) is 14.2 Å². The van der Waals surface area contributed by atoms with Gasteiger partial charge in [-0.05, 0) is 48.4 Å². The van der Waals surface area contributed by atoms with E-state index in [-0.39, 0.29) is 11.3 Å². The molecule has 3 N–H and O–H groups in total. The number of carbonyl (C=O) groups is 1. The molecule has 0 radical (unpaired) electrons. The fourth-order valence-corrected chi connectivity index (χ4v) is 4.92. The second kappa shape index (κ2) is 9.66. The Balaban J connectivity index is 1.56. The van der Waals surface area contributed by atoms with Crippen LogP contribution in [0.4, 0.5) is 0 Å². The van der Waals surface area contributed by atoms with Crippen molar-refractivity contribution in [2.45, 2.75) is 6.92 Å². The summed E-state index contributed by atoms with van der Waals surface area (Å²) in [7, 11) is 1.62. The monoisotopic (exact) mass is 520 g/mol. The molecule has 0 saturated carbocycles. The van der Waals surface area contributed by atoms with Gasteiger partial charge in [0.05, 0.1) is 28.8 Å². The van der Waals surface area contributed by atoms with Crippen LogP contribution in [0.5, 0.6) is 5.75 Å². The number of carbonyl (C=O) groups excluding carboxylic acids is 1. The van der Waals surface area contributed by atoms with E-state index in [1.54, 1.807) is 31.6 Å². The number of H-pyrrole nitrogens is 1. The fourth-order valence-electron chi connectivity index (χ4n) is 4.92. The number of aromatic amines is 1. The minimum atomic E-state index is -0.638. The lowest BCUT2D eigenvalue weighted by molar-refractivity contribution is 0.0997. The molecule has 0 aliphatic carbocycles. The van der Waals surface area contributed by atoms with Crippen molar-refractivity contribution in [3.8, 4) is 22.6 Å². The van der Waals surface area contributed by atoms with E-state index in [9.17, 15) is 9.59 Å². The number of pyridine rings is 2. The highest BCUT2D eigenvalue weighted by Gasteiger charge is 2.20. The van der Waals surface area contributed by atoms with Crippen LogP contribution in [0.15, 0.2) is 72.0 Å². The Bertz CT molecular complexity index is 1960. The number of methoxy groups -OCH3 is 1. The van der Waals surface area contributed by atoms with Crippen LogP contribution < -0.4 is 16.0 Å². The first kappa shape index (κ1) is 24.3. The number of amides is 1. The molecule has 194 valence electrons. The number of rotatable bonds is 7. The second-order valence-electron chi connectivity index (χ2n) is 9.05. The van der Waals surface area contributed by atoms with Gasteiger partial charge in [-0.1, -0.05) is 12.1 Å². The van der Waals surface area contributed by atoms with Gasteiger partial charge < -0.3 is 20.2 Å². The first-order chi connectivity index (χ1) is 19.0. The Labute approximate surface area is 222 Å². The number of benzene rings is 2. The molecule has 4 heterocycles. The third kappa shape index (κ3) is 4.07. The van der Waals surface area contributed by atoms with Gasteiger partial charge in [0.2, 0.25) is 0 Å². The average molecular weight is 521 g/mol. The summed E-state index contributed by atoms with van der Waals surface area (Å²) in [5.41, 5.74) is 10.8. The number of aromatic nitrogens is 5. The van der Waals surface area contributed by atoms with Crippen LogP contribution in [-0.4, -0.2) is 50.7 Å². The molecule has 0 aliphatic heterocycles. The van der Waals surface area contributed by atoms with Gasteiger partial charge in [0.15, 0.2) is 11.2 Å². The summed E-state index contributed by atoms with van der Waals surface area (Å²) in [6.07, 6.45) is 4.74. The van der Waals surface area contributed by atoms with Gasteiger partial charge in [-0.25, -0.2) is 15.0 Å². The summed E-state index contributed by atoms with van der Waals surface area (Å²) < 4.78 is 12.3. The highest BCUT2D eigenvalue weighted by molar-refractivity contribution is 6.19. The lowest BCUT2D eigenvalue weighted by Gasteiger charge is -2.15. The Morgan fingerprint density at radius 1 is 1.05 bits per heavy atom. The van der Waals surface area contributed by atoms with E-state index in [0.717, 1.165) is 33.0 Å². The third-order valence-corrected chi connectivity index (χ3v) is 6.76. The maximum absolute atomic E-state index is 13.3. The predicted molar refractivity (Wildman–Crippen MR) is 148 cm³/mol. The van der Waals surface area contributed by atoms with Crippen molar-refractivity contribution in [3.05, 3.63) is 88.9 Å². The molecule has 0 fully saturated rings. The average Bonchev–Trinajstić information content (AvgIpc) is 3.32. The minimum Gasteiger partial charge on any atom is -0.491 e. The highest BCUT2D eigenvalue weighted by Crippen LogP contribution is 2.38. The van der Waals surface area contributed by atoms with E-state index < -0.39 is 5.91 Å². The van der Waals surface area contributed by atoms with Crippen LogP contribution in [0, 0.1) is 6.92 Å². The number of nitrogens with zero attached hydrogens (tertiary/aromatic N) is 4. The first-order valence-corrected chi connectivity index (χ1v) is 12.3. The molecular weight excluding hydrogens is 496 g/mol. The summed E-state index contributed by atoms with van der Waals surface area (Å²) in [6.45, 7) is 2.81. The Kier molecular flexibility index (Phi) is 6.01. The maximum atomic E-state index is 13.3. The smallest absolute Gasteiger partial charge is 0.284 e. The number of nitrogens with two attached hydrogens (primary N) is 1. The fraction of sp³-hybridized carbons (Fsp3) is 0.138. The molecule has 0 atom stereocenters. The first-order valence-electron chi connectivity index (χ1n) is 12.3. The molecule has 6 aromatic rings. The number of fused-ring (bicyclic) bond motifs is 4. The van der Waals surface area contributed by atoms with E-state index in [4.69, 9.17) is 15.2 Å². The molecule has 0 aliphatic rings. The van der Waals surface area contributed by atoms with E-state index >= 15 is 0 Å². The van der Waals surface area contributed by atoms with Crippen LogP contribution >= 0.6 is 0 Å². The predicted octanol–water partition coefficient (Wildman–Crippen LogP) is 3.91. The van der Waals surface area contributed by atoms with Crippen LogP contribution in [0.2, 0.25) is 0 Å². The zero-order chi connectivity index (χ0) is 27.1. The molecular formula is C29H24N6O4. The van der Waals surface area contributed by atoms with Crippen molar-refractivity contribution in [3.63, 3.8) is 0 Å². The van der Waals surface area contributed by atoms with Crippen LogP contribution in [0.25, 0.3) is 49.7 Å². The van der Waals surface area contributed by atoms with E-state index in [1.165, 1.54) is 10.9 Å². The zero-order valence-electron chi connectivity index (χ0n) is 21.3. The summed E-state index contributed by atoms with van der Waals surface area (Å²) in [4.78, 5) is 42.0. The third-order valence-electron chi connectivity index (χ3n) is 6.76. The normalized spacial score (nSPS) is 11.4. The number of ether oxygens (including phenoxy) is 2. The minimum absolute atomic E-state index is 0.140. The quantitative estimate of drug-likeness (QED) is 0.304. The topological polar surface area (TPSA) is 138 Å². The highest BCUT2D eigenvalue weighted by atomic mass is 16.5. The molecule has 1 amide bonds. The van der Waals surface area contributed by atoms with Gasteiger partial charge in [0.1, 0.15) is 18.7 Å². The zero-order valence-corrected chi connectivity index (χ0v) is 21.3. The van der Waals surface area contributed by atoms with Crippen molar-refractivity contribution < 1.29 is 14.3 Å². The number of primary amides is 1. The van der Waals surface area contributed by atoms with Crippen molar-refractivity contribution in [2.24, 2.45) is 5.73 Å². The van der Waals surface area contributed by atoms with Crippen molar-refractivity contribution in [2.75, 3.05) is 20.3 Å². The molecule has 6 rings (SSSR count). The van der Waals surface area contributed by atoms with Crippen molar-refractivity contribution in [1.82, 2.24) is 24.5 Å². The molecule has 2 aromatic carbocycles. The van der Waals surface area contributed by atoms with Gasteiger partial charge in [-0.15, -0.1) is 0 Å². The largest absolute Gasteiger partial charge is 0.491 e. The van der Waals surface area contributed by atoms with Gasteiger partial charge >= 0.3 is 0 Å². The molecule has 4 aromatic heterocycles. The Morgan fingerprint density at radius 3 is 2.74 bits per heavy atom. The molecule has 10 nitrogen and oxygen atoms in total. The molecule has 0 unspecified atom stereocenters. The number of nitrogens with one attached hydrogen (secondary N) is 1. The molecule has 0 saturated heterocycles. The van der Waals surface area contributed by atoms with Crippen LogP contribution in [-0.2, 0) is 4.74 Å². The summed E-state index contributed by atoms with van der Waals surface area (Å²) in [5.74, 6) is 0.0256. The number of hydrogen-bond donors (Lipinski definition) is 2. The van der Waals surface area contributed by atoms with Crippen LogP contribution in [0.1, 0.15) is 16.1 Å². The lowest BCUT2D eigenvalue weighted by Crippen LogP contribution is -2.20. The van der Waals surface area contributed by atoms with Crippen molar-refractivity contribution >= 4 is 38.7 Å². The van der Waals surface area contributed by atoms with E-state index in [0.29, 0.717) is 41.2 Å². The van der Waals surface area contributed by atoms with Gasteiger partial charge in [-0.2, -0.15) is 0 Å². The van der Waals surface area contributed by atoms with Gasteiger partial charge in [0, 0.05) is 41.9 Å². The standard InChI is InChI=1S/C29H24N6O4/c1-16-18(5-3-7-23(16)35-15-33-21-6-4-10-31-25(21)29(35)37)20-14-32-27(28(30)36)26-24(20)19-9-8-17(13-22(19)34-26)39-12-11-38-2/h3-10,13-15,34H,11-12H2,1-2H3,(H2,30,36). The second-order valence-corrected chi connectivity index (χ2v) is 9.05. The molecule has 10 heteroatoms. The molecule has 39 heavy (non-hydrogen) atoms. The molecule has 0 spiro atoms. The lowest BCUT2D eigenvalue weighted by atomic mass is 9.96. The number of hydrogen-bond acceptors (Lipinski definition) is 7. The SMILES string of the molecule is COCCOc1ccc2c(c1)[nH]c1c(C(N)=O)ncc(-c3cccc(-n4cnc5cccnc5c4=O)c3C)c12. The maximum Gasteiger partial charge on any atom is 0.284 e. The summed E-state index contributed by atoms with van der Waals surface area (Å²) >= 11 is 0. The summed E-state index contributed by atoms with van der Waals surface area (Å²) in [6, 6.07) is 14.9. The Hall–Kier alpha value is -5.09. The Morgan fingerprint density at radius 2 is 1.92 bits per heavy atom. The van der Waals surface area contributed by atoms with E-state index in [1.807, 2.05) is 43.3 Å². The summed E-state index contributed by atoms with van der Waals surface area (Å²) in [5, 5.41) is 1.67.